The number of hydrogen-bond donors (Lipinski definition) is 0. The summed E-state index contributed by atoms with van der Waals surface area (Å²) in [6.45, 7) is 5.21. The maximum Gasteiger partial charge on any atom is 0.168 e. The molecule has 0 bridgehead atoms. The lowest BCUT2D eigenvalue weighted by atomic mass is 10.2. The van der Waals surface area contributed by atoms with Crippen molar-refractivity contribution in [1.29, 1.82) is 5.26 Å². The molecule has 1 aliphatic heterocycles. The van der Waals surface area contributed by atoms with Crippen LogP contribution in [0.25, 0.3) is 0 Å². The van der Waals surface area contributed by atoms with Gasteiger partial charge in [-0.2, -0.15) is 10.4 Å². The van der Waals surface area contributed by atoms with Gasteiger partial charge in [0.2, 0.25) is 0 Å². The van der Waals surface area contributed by atoms with Gasteiger partial charge in [0.1, 0.15) is 6.07 Å². The standard InChI is InChI=1S/C9H11N3O/c1-6(2)12-9-5-13-4-7(9)8(3-10)11-12/h6H,4-5H2,1-2H3. The van der Waals surface area contributed by atoms with Crippen molar-refractivity contribution in [3.05, 3.63) is 17.0 Å². The van der Waals surface area contributed by atoms with Crippen molar-refractivity contribution in [3.8, 4) is 6.07 Å². The van der Waals surface area contributed by atoms with Gasteiger partial charge >= 0.3 is 0 Å². The minimum Gasteiger partial charge on any atom is -0.370 e. The summed E-state index contributed by atoms with van der Waals surface area (Å²) in [7, 11) is 0. The van der Waals surface area contributed by atoms with Crippen molar-refractivity contribution in [3.63, 3.8) is 0 Å². The molecular formula is C9H11N3O. The molecular weight excluding hydrogens is 166 g/mol. The van der Waals surface area contributed by atoms with Crippen LogP contribution in [0.4, 0.5) is 0 Å². The quantitative estimate of drug-likeness (QED) is 0.650. The minimum absolute atomic E-state index is 0.289. The third-order valence-electron chi connectivity index (χ3n) is 2.20. The summed E-state index contributed by atoms with van der Waals surface area (Å²) in [6.07, 6.45) is 0. The molecule has 1 aromatic heterocycles. The van der Waals surface area contributed by atoms with E-state index in [0.717, 1.165) is 11.3 Å². The second-order valence-corrected chi connectivity index (χ2v) is 3.42. The van der Waals surface area contributed by atoms with Crippen LogP contribution in [-0.4, -0.2) is 9.78 Å². The first-order valence-electron chi connectivity index (χ1n) is 4.32. The summed E-state index contributed by atoms with van der Waals surface area (Å²) in [6, 6.07) is 2.38. The Labute approximate surface area is 76.7 Å². The molecule has 13 heavy (non-hydrogen) atoms. The Morgan fingerprint density at radius 1 is 1.54 bits per heavy atom. The van der Waals surface area contributed by atoms with Gasteiger partial charge in [0.15, 0.2) is 5.69 Å². The van der Waals surface area contributed by atoms with Crippen molar-refractivity contribution in [2.45, 2.75) is 33.1 Å². The summed E-state index contributed by atoms with van der Waals surface area (Å²) >= 11 is 0. The predicted octanol–water partition coefficient (Wildman–Crippen LogP) is 1.37. The van der Waals surface area contributed by atoms with Gasteiger partial charge in [-0.1, -0.05) is 0 Å². The fraction of sp³-hybridized carbons (Fsp3) is 0.556. The molecule has 0 unspecified atom stereocenters. The van der Waals surface area contributed by atoms with Crippen molar-refractivity contribution in [2.24, 2.45) is 0 Å². The highest BCUT2D eigenvalue weighted by Gasteiger charge is 2.23. The third kappa shape index (κ3) is 1.12. The average Bonchev–Trinajstić information content (AvgIpc) is 2.61. The summed E-state index contributed by atoms with van der Waals surface area (Å²) < 4.78 is 7.15. The Kier molecular flexibility index (Phi) is 1.82. The van der Waals surface area contributed by atoms with Crippen molar-refractivity contribution in [1.82, 2.24) is 9.78 Å². The first-order chi connectivity index (χ1) is 6.24. The van der Waals surface area contributed by atoms with E-state index in [0.29, 0.717) is 18.9 Å². The van der Waals surface area contributed by atoms with E-state index in [1.807, 2.05) is 18.5 Å². The molecule has 0 fully saturated rings. The molecule has 68 valence electrons. The van der Waals surface area contributed by atoms with Crippen LogP contribution in [0, 0.1) is 11.3 Å². The fourth-order valence-electron chi connectivity index (χ4n) is 1.58. The molecule has 2 heterocycles. The van der Waals surface area contributed by atoms with Gasteiger partial charge in [-0.05, 0) is 13.8 Å². The van der Waals surface area contributed by atoms with Crippen LogP contribution in [-0.2, 0) is 18.0 Å². The van der Waals surface area contributed by atoms with Crippen molar-refractivity contribution >= 4 is 0 Å². The zero-order valence-electron chi connectivity index (χ0n) is 7.74. The van der Waals surface area contributed by atoms with E-state index in [-0.39, 0.29) is 6.04 Å². The van der Waals surface area contributed by atoms with E-state index in [9.17, 15) is 0 Å². The molecule has 2 rings (SSSR count). The lowest BCUT2D eigenvalue weighted by Crippen LogP contribution is -2.06. The Morgan fingerprint density at radius 2 is 2.31 bits per heavy atom. The minimum atomic E-state index is 0.289. The van der Waals surface area contributed by atoms with Crippen LogP contribution < -0.4 is 0 Å². The number of ether oxygens (including phenoxy) is 1. The Bertz CT molecular complexity index is 373. The summed E-state index contributed by atoms with van der Waals surface area (Å²) in [4.78, 5) is 0. The van der Waals surface area contributed by atoms with E-state index in [1.165, 1.54) is 0 Å². The number of rotatable bonds is 1. The molecule has 0 atom stereocenters. The largest absolute Gasteiger partial charge is 0.370 e. The van der Waals surface area contributed by atoms with E-state index in [1.54, 1.807) is 0 Å². The van der Waals surface area contributed by atoms with Crippen LogP contribution in [0.3, 0.4) is 0 Å². The number of nitrogens with zero attached hydrogens (tertiary/aromatic N) is 3. The van der Waals surface area contributed by atoms with Gasteiger partial charge in [0, 0.05) is 11.6 Å². The Hall–Kier alpha value is -1.34. The highest BCUT2D eigenvalue weighted by molar-refractivity contribution is 5.36. The number of hydrogen-bond acceptors (Lipinski definition) is 3. The summed E-state index contributed by atoms with van der Waals surface area (Å²) in [5.74, 6) is 0. The normalized spacial score (nSPS) is 14.6. The van der Waals surface area contributed by atoms with E-state index < -0.39 is 0 Å². The molecule has 0 saturated carbocycles. The highest BCUT2D eigenvalue weighted by atomic mass is 16.5. The molecule has 0 aliphatic carbocycles. The predicted molar refractivity (Wildman–Crippen MR) is 45.8 cm³/mol. The van der Waals surface area contributed by atoms with E-state index in [4.69, 9.17) is 10.00 Å². The number of aromatic nitrogens is 2. The lowest BCUT2D eigenvalue weighted by molar-refractivity contribution is 0.128. The average molecular weight is 177 g/mol. The molecule has 0 spiro atoms. The summed E-state index contributed by atoms with van der Waals surface area (Å²) in [5.41, 5.74) is 2.55. The third-order valence-corrected chi connectivity index (χ3v) is 2.20. The van der Waals surface area contributed by atoms with E-state index >= 15 is 0 Å². The second kappa shape index (κ2) is 2.86. The smallest absolute Gasteiger partial charge is 0.168 e. The molecule has 1 aliphatic rings. The topological polar surface area (TPSA) is 50.8 Å². The maximum atomic E-state index is 8.82. The Morgan fingerprint density at radius 3 is 2.92 bits per heavy atom. The van der Waals surface area contributed by atoms with Crippen LogP contribution in [0.1, 0.15) is 36.8 Å². The molecule has 0 radical (unpaired) electrons. The molecule has 4 nitrogen and oxygen atoms in total. The van der Waals surface area contributed by atoms with Gasteiger partial charge in [0.25, 0.3) is 0 Å². The summed E-state index contributed by atoms with van der Waals surface area (Å²) in [5, 5.41) is 13.0. The SMILES string of the molecule is CC(C)n1nc(C#N)c2c1COC2. The highest BCUT2D eigenvalue weighted by Crippen LogP contribution is 2.25. The first-order valence-corrected chi connectivity index (χ1v) is 4.32. The van der Waals surface area contributed by atoms with E-state index in [2.05, 4.69) is 11.2 Å². The zero-order chi connectivity index (χ0) is 9.42. The molecule has 0 saturated heterocycles. The van der Waals surface area contributed by atoms with Crippen molar-refractivity contribution in [2.75, 3.05) is 0 Å². The van der Waals surface area contributed by atoms with Crippen LogP contribution in [0.2, 0.25) is 0 Å². The number of fused-ring (bicyclic) bond motifs is 1. The first kappa shape index (κ1) is 8.27. The van der Waals surface area contributed by atoms with Gasteiger partial charge in [-0.25, -0.2) is 0 Å². The number of nitriles is 1. The van der Waals surface area contributed by atoms with Crippen LogP contribution in [0.15, 0.2) is 0 Å². The monoisotopic (exact) mass is 177 g/mol. The molecule has 4 heteroatoms. The molecule has 0 aromatic carbocycles. The molecule has 1 aromatic rings. The van der Waals surface area contributed by atoms with Gasteiger partial charge < -0.3 is 4.74 Å². The lowest BCUT2D eigenvalue weighted by Gasteiger charge is -2.07. The Balaban J connectivity index is 2.56. The van der Waals surface area contributed by atoms with Crippen molar-refractivity contribution < 1.29 is 4.74 Å². The zero-order valence-corrected chi connectivity index (χ0v) is 7.74. The molecule has 0 amide bonds. The fourth-order valence-corrected chi connectivity index (χ4v) is 1.58. The maximum absolute atomic E-state index is 8.82. The molecule has 0 N–H and O–H groups in total. The second-order valence-electron chi connectivity index (χ2n) is 3.42. The van der Waals surface area contributed by atoms with Gasteiger partial charge in [-0.15, -0.1) is 0 Å². The van der Waals surface area contributed by atoms with Gasteiger partial charge in [0.05, 0.1) is 18.9 Å². The van der Waals surface area contributed by atoms with Crippen LogP contribution in [0.5, 0.6) is 0 Å². The van der Waals surface area contributed by atoms with Gasteiger partial charge in [-0.3, -0.25) is 4.68 Å². The van der Waals surface area contributed by atoms with Crippen LogP contribution >= 0.6 is 0 Å².